The highest BCUT2D eigenvalue weighted by atomic mass is 33.1. The average molecular weight is 389 g/mol. The van der Waals surface area contributed by atoms with Crippen molar-refractivity contribution < 1.29 is 23.1 Å². The molecule has 0 unspecified atom stereocenters. The zero-order valence-electron chi connectivity index (χ0n) is 13.9. The van der Waals surface area contributed by atoms with Crippen molar-refractivity contribution >= 4 is 39.2 Å². The lowest BCUT2D eigenvalue weighted by molar-refractivity contribution is -0.153. The predicted molar refractivity (Wildman–Crippen MR) is 97.5 cm³/mol. The van der Waals surface area contributed by atoms with Crippen LogP contribution in [-0.2, 0) is 14.3 Å². The Hall–Kier alpha value is -1.28. The van der Waals surface area contributed by atoms with Crippen molar-refractivity contribution in [3.05, 3.63) is 29.8 Å². The number of nitrogens with one attached hydrogen (secondary N) is 1. The molecule has 0 saturated carbocycles. The fourth-order valence-corrected chi connectivity index (χ4v) is 5.36. The molecule has 1 aliphatic rings. The number of carbonyl (C=O) groups is 2. The lowest BCUT2D eigenvalue weighted by atomic mass is 10.1. The maximum atomic E-state index is 13.1. The molecule has 25 heavy (non-hydrogen) atoms. The largest absolute Gasteiger partial charge is 0.453 e. The van der Waals surface area contributed by atoms with E-state index >= 15 is 0 Å². The van der Waals surface area contributed by atoms with Crippen molar-refractivity contribution in [3.8, 4) is 0 Å². The molecule has 4 nitrogen and oxygen atoms in total. The van der Waals surface area contributed by atoms with Gasteiger partial charge in [0, 0.05) is 29.2 Å². The summed E-state index contributed by atoms with van der Waals surface area (Å²) in [5.41, 5.74) is 0.110. The Labute approximate surface area is 153 Å². The number of amides is 1. The molecule has 138 valence electrons. The summed E-state index contributed by atoms with van der Waals surface area (Å²) in [6, 6.07) is 3.04. The lowest BCUT2D eigenvalue weighted by Crippen LogP contribution is -2.30. The number of hydrogen-bond acceptors (Lipinski definition) is 5. The van der Waals surface area contributed by atoms with Crippen molar-refractivity contribution in [1.29, 1.82) is 0 Å². The van der Waals surface area contributed by atoms with E-state index < -0.39 is 29.6 Å². The number of hydrogen-bond donors (Lipinski definition) is 1. The molecule has 2 atom stereocenters. The minimum Gasteiger partial charge on any atom is -0.453 e. The molecule has 2 rings (SSSR count). The van der Waals surface area contributed by atoms with Crippen LogP contribution >= 0.6 is 21.6 Å². The van der Waals surface area contributed by atoms with Crippen LogP contribution in [0.5, 0.6) is 0 Å². The first-order valence-corrected chi connectivity index (χ1v) is 10.6. The highest BCUT2D eigenvalue weighted by Crippen LogP contribution is 2.39. The van der Waals surface area contributed by atoms with E-state index in [0.29, 0.717) is 5.25 Å². The van der Waals surface area contributed by atoms with E-state index in [1.165, 1.54) is 25.2 Å². The second kappa shape index (κ2) is 10.0. The van der Waals surface area contributed by atoms with E-state index in [1.54, 1.807) is 0 Å². The van der Waals surface area contributed by atoms with Gasteiger partial charge in [-0.1, -0.05) is 28.0 Å². The topological polar surface area (TPSA) is 55.4 Å². The van der Waals surface area contributed by atoms with Crippen LogP contribution in [0, 0.1) is 11.6 Å². The Morgan fingerprint density at radius 2 is 2.12 bits per heavy atom. The quantitative estimate of drug-likeness (QED) is 0.402. The molecule has 1 aromatic carbocycles. The Morgan fingerprint density at radius 1 is 1.32 bits per heavy atom. The molecule has 1 amide bonds. The number of halogens is 2. The lowest BCUT2D eigenvalue weighted by Gasteiger charge is -2.14. The van der Waals surface area contributed by atoms with E-state index in [2.05, 4.69) is 5.32 Å². The molecule has 1 aromatic rings. The third-order valence-corrected chi connectivity index (χ3v) is 6.76. The third kappa shape index (κ3) is 6.86. The fraction of sp³-hybridized carbons (Fsp3) is 0.529. The van der Waals surface area contributed by atoms with Gasteiger partial charge in [0.1, 0.15) is 0 Å². The Bertz CT molecular complexity index is 610. The number of carbonyl (C=O) groups excluding carboxylic acids is 2. The molecular formula is C17H21F2NO3S2. The standard InChI is InChI=1S/C17H21F2NO3S2/c1-11(17(22)20-12-6-7-14(18)15(19)10-12)23-16(21)5-3-2-4-13-8-9-24-25-13/h6-7,10-11,13H,2-5,8-9H2,1H3,(H,20,22)/t11-,13-/m0/s1. The van der Waals surface area contributed by atoms with Gasteiger partial charge in [0.15, 0.2) is 17.7 Å². The summed E-state index contributed by atoms with van der Waals surface area (Å²) in [6.45, 7) is 1.44. The third-order valence-electron chi connectivity index (χ3n) is 3.75. The summed E-state index contributed by atoms with van der Waals surface area (Å²) in [4.78, 5) is 23.7. The summed E-state index contributed by atoms with van der Waals surface area (Å²) in [6.07, 6.45) is 3.29. The van der Waals surface area contributed by atoms with E-state index in [-0.39, 0.29) is 12.1 Å². The normalized spacial score (nSPS) is 18.0. The van der Waals surface area contributed by atoms with Crippen molar-refractivity contribution in [2.75, 3.05) is 11.1 Å². The zero-order valence-corrected chi connectivity index (χ0v) is 15.6. The molecule has 1 fully saturated rings. The smallest absolute Gasteiger partial charge is 0.306 e. The maximum absolute atomic E-state index is 13.1. The van der Waals surface area contributed by atoms with Crippen LogP contribution in [-0.4, -0.2) is 29.0 Å². The van der Waals surface area contributed by atoms with Gasteiger partial charge in [0.05, 0.1) is 0 Å². The molecule has 0 spiro atoms. The molecule has 8 heteroatoms. The van der Waals surface area contributed by atoms with Crippen LogP contribution in [0.25, 0.3) is 0 Å². The van der Waals surface area contributed by atoms with Gasteiger partial charge < -0.3 is 10.1 Å². The fourth-order valence-electron chi connectivity index (χ4n) is 2.33. The van der Waals surface area contributed by atoms with Crippen molar-refractivity contribution in [1.82, 2.24) is 0 Å². The van der Waals surface area contributed by atoms with Gasteiger partial charge in [-0.15, -0.1) is 0 Å². The summed E-state index contributed by atoms with van der Waals surface area (Å²) < 4.78 is 31.0. The number of unbranched alkanes of at least 4 members (excludes halogenated alkanes) is 1. The number of esters is 1. The summed E-state index contributed by atoms with van der Waals surface area (Å²) in [7, 11) is 3.81. The summed E-state index contributed by atoms with van der Waals surface area (Å²) in [5, 5.41) is 3.07. The highest BCUT2D eigenvalue weighted by Gasteiger charge is 2.19. The van der Waals surface area contributed by atoms with Crippen LogP contribution in [0.4, 0.5) is 14.5 Å². The van der Waals surface area contributed by atoms with Crippen LogP contribution in [0.15, 0.2) is 18.2 Å². The number of rotatable bonds is 8. The predicted octanol–water partition coefficient (Wildman–Crippen LogP) is 4.55. The molecule has 0 aromatic heterocycles. The molecule has 1 heterocycles. The molecule has 0 bridgehead atoms. The van der Waals surface area contributed by atoms with E-state index in [0.717, 1.165) is 31.4 Å². The first-order valence-electron chi connectivity index (χ1n) is 8.19. The van der Waals surface area contributed by atoms with Crippen LogP contribution in [0.2, 0.25) is 0 Å². The number of ether oxygens (including phenoxy) is 1. The molecule has 0 radical (unpaired) electrons. The second-order valence-corrected chi connectivity index (χ2v) is 8.61. The molecular weight excluding hydrogens is 368 g/mol. The van der Waals surface area contributed by atoms with Crippen molar-refractivity contribution in [2.24, 2.45) is 0 Å². The first-order chi connectivity index (χ1) is 12.0. The van der Waals surface area contributed by atoms with Gasteiger partial charge >= 0.3 is 5.97 Å². The molecule has 1 N–H and O–H groups in total. The van der Waals surface area contributed by atoms with E-state index in [4.69, 9.17) is 4.74 Å². The number of benzene rings is 1. The second-order valence-electron chi connectivity index (χ2n) is 5.82. The van der Waals surface area contributed by atoms with Gasteiger partial charge in [-0.05, 0) is 38.3 Å². The van der Waals surface area contributed by atoms with Crippen LogP contribution < -0.4 is 5.32 Å². The minimum atomic E-state index is -1.05. The Kier molecular flexibility index (Phi) is 8.02. The van der Waals surface area contributed by atoms with Crippen molar-refractivity contribution in [2.45, 2.75) is 50.4 Å². The number of anilines is 1. The van der Waals surface area contributed by atoms with Gasteiger partial charge in [0.25, 0.3) is 5.91 Å². The monoisotopic (exact) mass is 389 g/mol. The van der Waals surface area contributed by atoms with Gasteiger partial charge in [0.2, 0.25) is 0 Å². The first kappa shape index (κ1) is 20.0. The Balaban J connectivity index is 1.66. The SMILES string of the molecule is C[C@H](OC(=O)CCCC[C@H]1CCSS1)C(=O)Nc1ccc(F)c(F)c1. The van der Waals surface area contributed by atoms with Crippen LogP contribution in [0.1, 0.15) is 39.0 Å². The van der Waals surface area contributed by atoms with Gasteiger partial charge in [-0.3, -0.25) is 9.59 Å². The van der Waals surface area contributed by atoms with Gasteiger partial charge in [-0.2, -0.15) is 0 Å². The minimum absolute atomic E-state index is 0.110. The average Bonchev–Trinajstić information content (AvgIpc) is 3.08. The van der Waals surface area contributed by atoms with E-state index in [9.17, 15) is 18.4 Å². The van der Waals surface area contributed by atoms with E-state index in [1.807, 2.05) is 21.6 Å². The van der Waals surface area contributed by atoms with Crippen molar-refractivity contribution in [3.63, 3.8) is 0 Å². The maximum Gasteiger partial charge on any atom is 0.306 e. The van der Waals surface area contributed by atoms with Crippen LogP contribution in [0.3, 0.4) is 0 Å². The highest BCUT2D eigenvalue weighted by molar-refractivity contribution is 8.77. The molecule has 1 aliphatic heterocycles. The summed E-state index contributed by atoms with van der Waals surface area (Å²) >= 11 is 0. The molecule has 1 saturated heterocycles. The van der Waals surface area contributed by atoms with Gasteiger partial charge in [-0.25, -0.2) is 8.78 Å². The zero-order chi connectivity index (χ0) is 18.2. The molecule has 0 aliphatic carbocycles. The summed E-state index contributed by atoms with van der Waals surface area (Å²) in [5.74, 6) is -1.87. The Morgan fingerprint density at radius 3 is 2.80 bits per heavy atom.